The first-order chi connectivity index (χ1) is 10.1. The Kier molecular flexibility index (Phi) is 3.75. The van der Waals surface area contributed by atoms with E-state index >= 15 is 0 Å². The van der Waals surface area contributed by atoms with Crippen molar-refractivity contribution < 1.29 is 4.79 Å². The number of hydrogen-bond acceptors (Lipinski definition) is 3. The van der Waals surface area contributed by atoms with E-state index in [1.54, 1.807) is 0 Å². The topological polar surface area (TPSA) is 46.9 Å². The largest absolute Gasteiger partial charge is 0.349 e. The van der Waals surface area contributed by atoms with Crippen molar-refractivity contribution in [2.45, 2.75) is 20.4 Å². The van der Waals surface area contributed by atoms with Crippen molar-refractivity contribution >= 4 is 28.1 Å². The van der Waals surface area contributed by atoms with E-state index in [1.165, 1.54) is 22.2 Å². The molecule has 0 spiro atoms. The molecule has 0 aliphatic carbocycles. The third kappa shape index (κ3) is 2.83. The van der Waals surface area contributed by atoms with Crippen LogP contribution in [0, 0.1) is 13.8 Å². The number of amides is 1. The summed E-state index contributed by atoms with van der Waals surface area (Å²) in [5, 5.41) is 5.11. The molecule has 2 heterocycles. The predicted molar refractivity (Wildman–Crippen MR) is 85.9 cm³/mol. The molecule has 0 aliphatic rings. The van der Waals surface area contributed by atoms with E-state index in [2.05, 4.69) is 39.3 Å². The molecule has 2 aromatic heterocycles. The zero-order chi connectivity index (χ0) is 14.8. The Labute approximate surface area is 127 Å². The minimum absolute atomic E-state index is 0.0328. The van der Waals surface area contributed by atoms with Gasteiger partial charge in [-0.15, -0.1) is 11.3 Å². The Morgan fingerprint density at radius 1 is 1.29 bits per heavy atom. The van der Waals surface area contributed by atoms with Gasteiger partial charge in [0.05, 0.1) is 10.7 Å². The summed E-state index contributed by atoms with van der Waals surface area (Å²) in [7, 11) is 0. The van der Waals surface area contributed by atoms with E-state index in [-0.39, 0.29) is 5.91 Å². The van der Waals surface area contributed by atoms with Crippen molar-refractivity contribution in [1.82, 2.24) is 14.9 Å². The van der Waals surface area contributed by atoms with Crippen molar-refractivity contribution in [2.75, 3.05) is 6.54 Å². The molecule has 3 rings (SSSR count). The average molecular weight is 299 g/mol. The summed E-state index contributed by atoms with van der Waals surface area (Å²) in [6, 6.07) is 10.3. The molecule has 4 nitrogen and oxygen atoms in total. The highest BCUT2D eigenvalue weighted by molar-refractivity contribution is 7.13. The summed E-state index contributed by atoms with van der Waals surface area (Å²) in [5.41, 5.74) is 2.00. The number of fused-ring (bicyclic) bond motifs is 1. The van der Waals surface area contributed by atoms with Crippen molar-refractivity contribution in [3.63, 3.8) is 0 Å². The molecule has 108 valence electrons. The monoisotopic (exact) mass is 299 g/mol. The fourth-order valence-corrected chi connectivity index (χ4v) is 3.28. The van der Waals surface area contributed by atoms with Crippen LogP contribution in [0.1, 0.15) is 20.4 Å². The first-order valence-corrected chi connectivity index (χ1v) is 7.73. The van der Waals surface area contributed by atoms with Gasteiger partial charge in [-0.2, -0.15) is 0 Å². The van der Waals surface area contributed by atoms with Crippen LogP contribution < -0.4 is 5.32 Å². The fourth-order valence-electron chi connectivity index (χ4n) is 2.45. The summed E-state index contributed by atoms with van der Waals surface area (Å²) < 4.78 is 2.15. The maximum absolute atomic E-state index is 12.1. The van der Waals surface area contributed by atoms with Crippen LogP contribution in [0.3, 0.4) is 0 Å². The number of nitrogens with zero attached hydrogens (tertiary/aromatic N) is 2. The zero-order valence-corrected chi connectivity index (χ0v) is 12.9. The molecule has 0 saturated carbocycles. The summed E-state index contributed by atoms with van der Waals surface area (Å²) in [6.45, 7) is 5.16. The van der Waals surface area contributed by atoms with Gasteiger partial charge in [-0.05, 0) is 31.4 Å². The maximum atomic E-state index is 12.1. The second-order valence-electron chi connectivity index (χ2n) is 4.97. The van der Waals surface area contributed by atoms with E-state index in [9.17, 15) is 4.79 Å². The van der Waals surface area contributed by atoms with E-state index in [1.807, 2.05) is 26.0 Å². The van der Waals surface area contributed by atoms with Crippen LogP contribution in [0.15, 0.2) is 36.5 Å². The van der Waals surface area contributed by atoms with Crippen LogP contribution in [-0.4, -0.2) is 22.0 Å². The summed E-state index contributed by atoms with van der Waals surface area (Å²) >= 11 is 1.44. The van der Waals surface area contributed by atoms with Gasteiger partial charge < -0.3 is 9.88 Å². The lowest BCUT2D eigenvalue weighted by Gasteiger charge is -2.07. The molecular formula is C16H17N3OS. The normalized spacial score (nSPS) is 11.0. The molecule has 0 fully saturated rings. The van der Waals surface area contributed by atoms with Gasteiger partial charge >= 0.3 is 0 Å². The van der Waals surface area contributed by atoms with Crippen LogP contribution in [-0.2, 0) is 6.54 Å². The highest BCUT2D eigenvalue weighted by Crippen LogP contribution is 2.17. The highest BCUT2D eigenvalue weighted by atomic mass is 32.1. The van der Waals surface area contributed by atoms with Crippen molar-refractivity contribution in [1.29, 1.82) is 0 Å². The number of carbonyl (C=O) groups is 1. The summed E-state index contributed by atoms with van der Waals surface area (Å²) in [4.78, 5) is 17.1. The maximum Gasteiger partial charge on any atom is 0.263 e. The SMILES string of the molecule is Cc1nc(C)c(C(=O)NCCn2ccc3ccccc32)s1. The second-order valence-corrected chi connectivity index (χ2v) is 6.17. The quantitative estimate of drug-likeness (QED) is 0.804. The van der Waals surface area contributed by atoms with Crippen LogP contribution >= 0.6 is 11.3 Å². The van der Waals surface area contributed by atoms with Gasteiger partial charge in [-0.3, -0.25) is 4.79 Å². The Hall–Kier alpha value is -2.14. The van der Waals surface area contributed by atoms with Crippen LogP contribution in [0.4, 0.5) is 0 Å². The van der Waals surface area contributed by atoms with E-state index in [0.29, 0.717) is 11.4 Å². The summed E-state index contributed by atoms with van der Waals surface area (Å²) in [5.74, 6) is -0.0328. The number of hydrogen-bond donors (Lipinski definition) is 1. The molecular weight excluding hydrogens is 282 g/mol. The first kappa shape index (κ1) is 13.8. The molecule has 0 radical (unpaired) electrons. The van der Waals surface area contributed by atoms with Gasteiger partial charge in [-0.1, -0.05) is 18.2 Å². The zero-order valence-electron chi connectivity index (χ0n) is 12.1. The van der Waals surface area contributed by atoms with Gasteiger partial charge in [0.15, 0.2) is 0 Å². The number of thiazole rings is 1. The number of aryl methyl sites for hydroxylation is 2. The fraction of sp³-hybridized carbons (Fsp3) is 0.250. The minimum atomic E-state index is -0.0328. The molecule has 0 saturated heterocycles. The average Bonchev–Trinajstić information content (AvgIpc) is 3.02. The van der Waals surface area contributed by atoms with Gasteiger partial charge in [0.2, 0.25) is 0 Å². The lowest BCUT2D eigenvalue weighted by atomic mass is 10.2. The molecule has 5 heteroatoms. The van der Waals surface area contributed by atoms with Crippen molar-refractivity contribution in [2.24, 2.45) is 0 Å². The van der Waals surface area contributed by atoms with Gasteiger partial charge in [-0.25, -0.2) is 4.98 Å². The molecule has 0 atom stereocenters. The lowest BCUT2D eigenvalue weighted by Crippen LogP contribution is -2.26. The number of benzene rings is 1. The first-order valence-electron chi connectivity index (χ1n) is 6.91. The Balaban J connectivity index is 1.64. The minimum Gasteiger partial charge on any atom is -0.349 e. The molecule has 1 aromatic carbocycles. The highest BCUT2D eigenvalue weighted by Gasteiger charge is 2.13. The van der Waals surface area contributed by atoms with Crippen molar-refractivity contribution in [3.8, 4) is 0 Å². The molecule has 3 aromatic rings. The Morgan fingerprint density at radius 2 is 2.10 bits per heavy atom. The van der Waals surface area contributed by atoms with Gasteiger partial charge in [0.25, 0.3) is 5.91 Å². The lowest BCUT2D eigenvalue weighted by molar-refractivity contribution is 0.0955. The molecule has 1 amide bonds. The number of rotatable bonds is 4. The number of nitrogens with one attached hydrogen (secondary N) is 1. The molecule has 0 unspecified atom stereocenters. The molecule has 0 aliphatic heterocycles. The molecule has 0 bridgehead atoms. The van der Waals surface area contributed by atoms with E-state index in [4.69, 9.17) is 0 Å². The van der Waals surface area contributed by atoms with Gasteiger partial charge in [0.1, 0.15) is 4.88 Å². The standard InChI is InChI=1S/C16H17N3OS/c1-11-15(21-12(2)18-11)16(20)17-8-10-19-9-7-13-5-3-4-6-14(13)19/h3-7,9H,8,10H2,1-2H3,(H,17,20). The van der Waals surface area contributed by atoms with E-state index < -0.39 is 0 Å². The van der Waals surface area contributed by atoms with Gasteiger partial charge in [0, 0.05) is 24.8 Å². The van der Waals surface area contributed by atoms with Crippen LogP contribution in [0.2, 0.25) is 0 Å². The third-order valence-electron chi connectivity index (χ3n) is 3.43. The van der Waals surface area contributed by atoms with Crippen LogP contribution in [0.5, 0.6) is 0 Å². The Morgan fingerprint density at radius 3 is 2.86 bits per heavy atom. The number of para-hydroxylation sites is 1. The van der Waals surface area contributed by atoms with Crippen molar-refractivity contribution in [3.05, 3.63) is 52.1 Å². The molecule has 21 heavy (non-hydrogen) atoms. The predicted octanol–water partition coefficient (Wildman–Crippen LogP) is 3.14. The number of aromatic nitrogens is 2. The summed E-state index contributed by atoms with van der Waals surface area (Å²) in [6.07, 6.45) is 2.05. The molecule has 1 N–H and O–H groups in total. The Bertz CT molecular complexity index is 788. The van der Waals surface area contributed by atoms with Crippen LogP contribution in [0.25, 0.3) is 10.9 Å². The van der Waals surface area contributed by atoms with E-state index in [0.717, 1.165) is 17.2 Å². The second kappa shape index (κ2) is 5.69. The third-order valence-corrected chi connectivity index (χ3v) is 4.50. The number of carbonyl (C=O) groups excluding carboxylic acids is 1. The smallest absolute Gasteiger partial charge is 0.263 e.